The van der Waals surface area contributed by atoms with E-state index in [0.717, 1.165) is 63.7 Å². The van der Waals surface area contributed by atoms with Crippen molar-refractivity contribution < 1.29 is 4.79 Å². The Morgan fingerprint density at radius 2 is 1.48 bits per heavy atom. The Kier molecular flexibility index (Phi) is 5.28. The molecule has 2 aromatic rings. The second-order valence-corrected chi connectivity index (χ2v) is 7.69. The summed E-state index contributed by atoms with van der Waals surface area (Å²) in [5.74, 6) is 0.793. The topological polar surface area (TPSA) is 39.7 Å². The van der Waals surface area contributed by atoms with Crippen LogP contribution < -0.4 is 9.80 Å². The average molecular weight is 364 g/mol. The van der Waals surface area contributed by atoms with E-state index in [1.807, 2.05) is 23.2 Å². The van der Waals surface area contributed by atoms with E-state index in [4.69, 9.17) is 0 Å². The van der Waals surface area contributed by atoms with Crippen LogP contribution in [0.3, 0.4) is 0 Å². The zero-order valence-corrected chi connectivity index (χ0v) is 16.1. The molecule has 0 atom stereocenters. The van der Waals surface area contributed by atoms with Crippen LogP contribution in [0.4, 0.5) is 11.4 Å². The van der Waals surface area contributed by atoms with Gasteiger partial charge in [0.25, 0.3) is 5.91 Å². The van der Waals surface area contributed by atoms with Gasteiger partial charge in [0.1, 0.15) is 5.69 Å². The number of piperidine rings is 1. The number of pyridine rings is 1. The van der Waals surface area contributed by atoms with E-state index in [1.165, 1.54) is 5.69 Å². The number of carbonyl (C=O) groups excluding carboxylic acids is 1. The van der Waals surface area contributed by atoms with E-state index >= 15 is 0 Å². The van der Waals surface area contributed by atoms with Gasteiger partial charge >= 0.3 is 0 Å². The Morgan fingerprint density at radius 3 is 2.07 bits per heavy atom. The number of amides is 1. The number of nitrogens with zero attached hydrogens (tertiary/aromatic N) is 4. The number of likely N-dealkylation sites (tertiary alicyclic amines) is 1. The standard InChI is InChI=1S/C22H28N4O/c1-18-9-11-26(12-10-18)22(27)21-8-7-20(17-23-21)25-15-13-24(14-16-25)19-5-3-2-4-6-19/h2-8,17-18H,9-16H2,1H3. The first-order valence-electron chi connectivity index (χ1n) is 10.0. The number of aromatic nitrogens is 1. The first-order valence-corrected chi connectivity index (χ1v) is 10.0. The number of anilines is 2. The zero-order chi connectivity index (χ0) is 18.6. The van der Waals surface area contributed by atoms with Crippen LogP contribution in [-0.2, 0) is 0 Å². The minimum Gasteiger partial charge on any atom is -0.368 e. The lowest BCUT2D eigenvalue weighted by atomic mass is 9.99. The molecule has 2 saturated heterocycles. The summed E-state index contributed by atoms with van der Waals surface area (Å²) in [6.45, 7) is 7.89. The summed E-state index contributed by atoms with van der Waals surface area (Å²) in [7, 11) is 0. The van der Waals surface area contributed by atoms with E-state index in [9.17, 15) is 4.79 Å². The van der Waals surface area contributed by atoms with Gasteiger partial charge in [-0.05, 0) is 43.0 Å². The molecule has 3 heterocycles. The van der Waals surface area contributed by atoms with Crippen molar-refractivity contribution in [3.05, 3.63) is 54.4 Å². The fourth-order valence-corrected chi connectivity index (χ4v) is 3.93. The monoisotopic (exact) mass is 364 g/mol. The molecular weight excluding hydrogens is 336 g/mol. The van der Waals surface area contributed by atoms with Crippen LogP contribution in [0.25, 0.3) is 0 Å². The second kappa shape index (κ2) is 7.99. The van der Waals surface area contributed by atoms with Gasteiger partial charge < -0.3 is 14.7 Å². The third kappa shape index (κ3) is 4.07. The molecule has 0 spiro atoms. The van der Waals surface area contributed by atoms with E-state index in [2.05, 4.69) is 52.0 Å². The van der Waals surface area contributed by atoms with Crippen molar-refractivity contribution >= 4 is 17.3 Å². The summed E-state index contributed by atoms with van der Waals surface area (Å²) >= 11 is 0. The molecule has 5 nitrogen and oxygen atoms in total. The summed E-state index contributed by atoms with van der Waals surface area (Å²) in [5, 5.41) is 0. The number of carbonyl (C=O) groups is 1. The average Bonchev–Trinajstić information content (AvgIpc) is 2.75. The molecule has 27 heavy (non-hydrogen) atoms. The highest BCUT2D eigenvalue weighted by Gasteiger charge is 2.23. The van der Waals surface area contributed by atoms with Crippen LogP contribution in [0, 0.1) is 5.92 Å². The van der Waals surface area contributed by atoms with Crippen molar-refractivity contribution in [2.24, 2.45) is 5.92 Å². The number of piperazine rings is 1. The van der Waals surface area contributed by atoms with Crippen LogP contribution >= 0.6 is 0 Å². The van der Waals surface area contributed by atoms with E-state index in [1.54, 1.807) is 0 Å². The Bertz CT molecular complexity index is 746. The smallest absolute Gasteiger partial charge is 0.272 e. The van der Waals surface area contributed by atoms with E-state index < -0.39 is 0 Å². The molecule has 5 heteroatoms. The quantitative estimate of drug-likeness (QED) is 0.838. The minimum absolute atomic E-state index is 0.0716. The minimum atomic E-state index is 0.0716. The van der Waals surface area contributed by atoms with Gasteiger partial charge in [0.15, 0.2) is 0 Å². The fourth-order valence-electron chi connectivity index (χ4n) is 3.93. The van der Waals surface area contributed by atoms with Crippen LogP contribution in [-0.4, -0.2) is 55.1 Å². The van der Waals surface area contributed by atoms with Crippen molar-refractivity contribution in [2.45, 2.75) is 19.8 Å². The van der Waals surface area contributed by atoms with Gasteiger partial charge in [-0.2, -0.15) is 0 Å². The van der Waals surface area contributed by atoms with Gasteiger partial charge in [0.2, 0.25) is 0 Å². The molecule has 0 radical (unpaired) electrons. The molecule has 1 aromatic carbocycles. The highest BCUT2D eigenvalue weighted by molar-refractivity contribution is 5.92. The summed E-state index contributed by atoms with van der Waals surface area (Å²) in [6, 6.07) is 14.5. The normalized spacial score (nSPS) is 18.6. The highest BCUT2D eigenvalue weighted by atomic mass is 16.2. The third-order valence-electron chi connectivity index (χ3n) is 5.80. The van der Waals surface area contributed by atoms with Crippen molar-refractivity contribution in [1.82, 2.24) is 9.88 Å². The summed E-state index contributed by atoms with van der Waals surface area (Å²) in [4.78, 5) is 23.8. The number of hydrogen-bond acceptors (Lipinski definition) is 4. The fraction of sp³-hybridized carbons (Fsp3) is 0.455. The molecule has 142 valence electrons. The molecule has 4 rings (SSSR count). The summed E-state index contributed by atoms with van der Waals surface area (Å²) in [5.41, 5.74) is 2.95. The molecule has 2 fully saturated rings. The molecule has 1 amide bonds. The highest BCUT2D eigenvalue weighted by Crippen LogP contribution is 2.21. The molecular formula is C22H28N4O. The second-order valence-electron chi connectivity index (χ2n) is 7.69. The Hall–Kier alpha value is -2.56. The van der Waals surface area contributed by atoms with Crippen LogP contribution in [0.2, 0.25) is 0 Å². The predicted octanol–water partition coefficient (Wildman–Crippen LogP) is 3.28. The van der Waals surface area contributed by atoms with Gasteiger partial charge in [0.05, 0.1) is 11.9 Å². The third-order valence-corrected chi connectivity index (χ3v) is 5.80. The van der Waals surface area contributed by atoms with Crippen LogP contribution in [0.15, 0.2) is 48.7 Å². The number of para-hydroxylation sites is 1. The van der Waals surface area contributed by atoms with Crippen LogP contribution in [0.1, 0.15) is 30.3 Å². The van der Waals surface area contributed by atoms with Gasteiger partial charge in [-0.25, -0.2) is 4.98 Å². The number of benzene rings is 1. The van der Waals surface area contributed by atoms with E-state index in [0.29, 0.717) is 5.69 Å². The lowest BCUT2D eigenvalue weighted by Crippen LogP contribution is -2.46. The van der Waals surface area contributed by atoms with Crippen molar-refractivity contribution in [2.75, 3.05) is 49.1 Å². The maximum Gasteiger partial charge on any atom is 0.272 e. The van der Waals surface area contributed by atoms with Crippen molar-refractivity contribution in [3.63, 3.8) is 0 Å². The molecule has 2 aliphatic rings. The molecule has 0 bridgehead atoms. The summed E-state index contributed by atoms with van der Waals surface area (Å²) in [6.07, 6.45) is 4.04. The van der Waals surface area contributed by atoms with Gasteiger partial charge in [0, 0.05) is 45.0 Å². The maximum atomic E-state index is 12.6. The van der Waals surface area contributed by atoms with Gasteiger partial charge in [-0.1, -0.05) is 25.1 Å². The zero-order valence-electron chi connectivity index (χ0n) is 16.1. The first-order chi connectivity index (χ1) is 13.2. The van der Waals surface area contributed by atoms with Crippen molar-refractivity contribution in [1.29, 1.82) is 0 Å². The summed E-state index contributed by atoms with van der Waals surface area (Å²) < 4.78 is 0. The Balaban J connectivity index is 1.35. The maximum absolute atomic E-state index is 12.6. The van der Waals surface area contributed by atoms with E-state index in [-0.39, 0.29) is 5.91 Å². The van der Waals surface area contributed by atoms with Gasteiger partial charge in [-0.15, -0.1) is 0 Å². The molecule has 0 saturated carbocycles. The van der Waals surface area contributed by atoms with Gasteiger partial charge in [-0.3, -0.25) is 4.79 Å². The molecule has 2 aliphatic heterocycles. The lowest BCUT2D eigenvalue weighted by molar-refractivity contribution is 0.0691. The molecule has 0 aliphatic carbocycles. The Morgan fingerprint density at radius 1 is 0.852 bits per heavy atom. The van der Waals surface area contributed by atoms with Crippen molar-refractivity contribution in [3.8, 4) is 0 Å². The lowest BCUT2D eigenvalue weighted by Gasteiger charge is -2.37. The first kappa shape index (κ1) is 17.8. The number of rotatable bonds is 3. The molecule has 1 aromatic heterocycles. The molecule has 0 N–H and O–H groups in total. The van der Waals surface area contributed by atoms with Crippen LogP contribution in [0.5, 0.6) is 0 Å². The SMILES string of the molecule is CC1CCN(C(=O)c2ccc(N3CCN(c4ccccc4)CC3)cn2)CC1. The number of hydrogen-bond donors (Lipinski definition) is 0. The molecule has 0 unspecified atom stereocenters. The largest absolute Gasteiger partial charge is 0.368 e. The predicted molar refractivity (Wildman–Crippen MR) is 109 cm³/mol. The Labute approximate surface area is 161 Å².